The number of aliphatic hydroxyl groups excluding tert-OH is 1. The fraction of sp³-hybridized carbons (Fsp3) is 0.400. The van der Waals surface area contributed by atoms with Gasteiger partial charge in [-0.15, -0.1) is 0 Å². The molecule has 5 aromatic rings. The maximum absolute atomic E-state index is 12.3. The maximum atomic E-state index is 12.3. The molecule has 3 aliphatic heterocycles. The molecule has 5 aromatic carbocycles. The van der Waals surface area contributed by atoms with Crippen LogP contribution in [0.25, 0.3) is 0 Å². The Balaban J connectivity index is 1.04. The van der Waals surface area contributed by atoms with Gasteiger partial charge in [-0.25, -0.2) is 0 Å². The van der Waals surface area contributed by atoms with Gasteiger partial charge in [-0.1, -0.05) is 152 Å². The smallest absolute Gasteiger partial charge is 0.190 e. The molecule has 0 bridgehead atoms. The van der Waals surface area contributed by atoms with E-state index in [4.69, 9.17) is 42.6 Å². The second-order valence-electron chi connectivity index (χ2n) is 16.1. The minimum Gasteiger partial charge on any atom is -0.389 e. The molecule has 0 radical (unpaired) electrons. The molecule has 3 aliphatic rings. The lowest BCUT2D eigenvalue weighted by Crippen LogP contribution is -2.63. The van der Waals surface area contributed by atoms with Crippen LogP contribution in [0.1, 0.15) is 41.7 Å². The number of hydrogen-bond donors (Lipinski definition) is 1. The Bertz CT molecular complexity index is 2010. The van der Waals surface area contributed by atoms with Crippen molar-refractivity contribution in [1.82, 2.24) is 0 Å². The average Bonchev–Trinajstić information content (AvgIpc) is 3.77. The van der Waals surface area contributed by atoms with Crippen LogP contribution in [-0.2, 0) is 75.7 Å². The van der Waals surface area contributed by atoms with Gasteiger partial charge >= 0.3 is 0 Å². The standard InChI is InChI=1S/C50H56O10S/c1-50(2)59-47-43(52-28-35-18-8-3-9-19-35)41(57-49(47)60-50)34-61-33-40(51)42-44(53-29-36-20-10-4-11-21-36)45(54-30-37-22-12-5-13-23-37)46(55-31-38-24-14-6-15-25-38)48(58-42)56-32-39-26-16-7-17-27-39/h3-27,40-49,51H,28-34H2,1-2H3/t40-,41-,42-,43+,44+,45+,46-,47-,48-,49-/m1/s1. The molecule has 10 atom stereocenters. The van der Waals surface area contributed by atoms with Crippen LogP contribution in [0.5, 0.6) is 0 Å². The van der Waals surface area contributed by atoms with Gasteiger partial charge in [0.2, 0.25) is 0 Å². The molecular formula is C50H56O10S. The molecule has 10 nitrogen and oxygen atoms in total. The lowest BCUT2D eigenvalue weighted by molar-refractivity contribution is -0.335. The van der Waals surface area contributed by atoms with Gasteiger partial charge in [0.15, 0.2) is 18.4 Å². The van der Waals surface area contributed by atoms with Gasteiger partial charge in [-0.05, 0) is 41.7 Å². The Morgan fingerprint density at radius 2 is 0.918 bits per heavy atom. The van der Waals surface area contributed by atoms with Crippen LogP contribution < -0.4 is 0 Å². The van der Waals surface area contributed by atoms with Crippen LogP contribution in [0.2, 0.25) is 0 Å². The third-order valence-electron chi connectivity index (χ3n) is 11.0. The molecule has 3 heterocycles. The first-order valence-corrected chi connectivity index (χ1v) is 22.2. The van der Waals surface area contributed by atoms with E-state index in [0.29, 0.717) is 24.7 Å². The number of fused-ring (bicyclic) bond motifs is 1. The first-order chi connectivity index (χ1) is 29.9. The van der Waals surface area contributed by atoms with Crippen LogP contribution in [0, 0.1) is 0 Å². The highest BCUT2D eigenvalue weighted by molar-refractivity contribution is 7.99. The molecule has 3 fully saturated rings. The third kappa shape index (κ3) is 12.0. The molecule has 0 spiro atoms. The molecular weight excluding hydrogens is 793 g/mol. The number of hydrogen-bond acceptors (Lipinski definition) is 11. The van der Waals surface area contributed by atoms with E-state index in [0.717, 1.165) is 27.8 Å². The topological polar surface area (TPSA) is 103 Å². The van der Waals surface area contributed by atoms with Crippen molar-refractivity contribution >= 4 is 11.8 Å². The highest BCUT2D eigenvalue weighted by atomic mass is 32.2. The SMILES string of the molecule is CC1(C)O[C@H]2O[C@H](CSC[C@@H](O)[C@H]3O[C@@H](OCc4ccccc4)[C@H](OCc4ccccc4)[C@@H](OCc4ccccc4)[C@H]3OCc3ccccc3)[C@H](OCc3ccccc3)[C@H]2O1. The molecule has 3 saturated heterocycles. The van der Waals surface area contributed by atoms with Crippen LogP contribution in [0.3, 0.4) is 0 Å². The summed E-state index contributed by atoms with van der Waals surface area (Å²) in [5, 5.41) is 12.3. The van der Waals surface area contributed by atoms with Crippen LogP contribution in [0.4, 0.5) is 0 Å². The molecule has 8 rings (SSSR count). The minimum absolute atomic E-state index is 0.266. The molecule has 0 aromatic heterocycles. The van der Waals surface area contributed by atoms with Gasteiger partial charge in [-0.3, -0.25) is 0 Å². The first kappa shape index (κ1) is 43.7. The van der Waals surface area contributed by atoms with Gasteiger partial charge in [0.05, 0.1) is 45.2 Å². The van der Waals surface area contributed by atoms with E-state index in [2.05, 4.69) is 0 Å². The molecule has 0 unspecified atom stereocenters. The lowest BCUT2D eigenvalue weighted by atomic mass is 9.94. The van der Waals surface area contributed by atoms with Gasteiger partial charge in [0, 0.05) is 11.5 Å². The first-order valence-electron chi connectivity index (χ1n) is 21.1. The molecule has 0 aliphatic carbocycles. The Labute approximate surface area is 363 Å². The summed E-state index contributed by atoms with van der Waals surface area (Å²) >= 11 is 1.55. The van der Waals surface area contributed by atoms with Crippen LogP contribution >= 0.6 is 11.8 Å². The van der Waals surface area contributed by atoms with Crippen molar-refractivity contribution in [1.29, 1.82) is 0 Å². The summed E-state index contributed by atoms with van der Waals surface area (Å²) in [7, 11) is 0. The largest absolute Gasteiger partial charge is 0.389 e. The second-order valence-corrected chi connectivity index (χ2v) is 17.1. The molecule has 0 amide bonds. The summed E-state index contributed by atoms with van der Waals surface area (Å²) in [6.07, 6.45) is -6.57. The molecule has 0 saturated carbocycles. The predicted octanol–water partition coefficient (Wildman–Crippen LogP) is 8.24. The second kappa shape index (κ2) is 21.4. The zero-order valence-electron chi connectivity index (χ0n) is 34.7. The Hall–Kier alpha value is -3.95. The zero-order valence-corrected chi connectivity index (χ0v) is 35.5. The van der Waals surface area contributed by atoms with Crippen molar-refractivity contribution in [3.63, 3.8) is 0 Å². The van der Waals surface area contributed by atoms with Gasteiger partial charge in [-0.2, -0.15) is 11.8 Å². The van der Waals surface area contributed by atoms with E-state index in [-0.39, 0.29) is 38.1 Å². The van der Waals surface area contributed by atoms with Crippen molar-refractivity contribution in [2.45, 2.75) is 114 Å². The zero-order chi connectivity index (χ0) is 41.9. The lowest BCUT2D eigenvalue weighted by Gasteiger charge is -2.47. The molecule has 11 heteroatoms. The summed E-state index contributed by atoms with van der Waals surface area (Å²) in [6.45, 7) is 5.29. The Kier molecular flexibility index (Phi) is 15.3. The summed E-state index contributed by atoms with van der Waals surface area (Å²) in [5.74, 6) is 0.0334. The monoisotopic (exact) mass is 848 g/mol. The minimum atomic E-state index is -0.998. The highest BCUT2D eigenvalue weighted by Crippen LogP contribution is 2.40. The third-order valence-corrected chi connectivity index (χ3v) is 12.1. The average molecular weight is 849 g/mol. The summed E-state index contributed by atoms with van der Waals surface area (Å²) in [6, 6.07) is 50.0. The molecule has 322 valence electrons. The Morgan fingerprint density at radius 3 is 1.39 bits per heavy atom. The summed E-state index contributed by atoms with van der Waals surface area (Å²) < 4.78 is 59.2. The fourth-order valence-corrected chi connectivity index (χ4v) is 9.00. The van der Waals surface area contributed by atoms with Crippen LogP contribution in [0.15, 0.2) is 152 Å². The maximum Gasteiger partial charge on any atom is 0.190 e. The van der Waals surface area contributed by atoms with Crippen LogP contribution in [-0.4, -0.2) is 83.8 Å². The number of rotatable bonds is 20. The van der Waals surface area contributed by atoms with Gasteiger partial charge in [0.1, 0.15) is 36.6 Å². The van der Waals surface area contributed by atoms with E-state index in [1.54, 1.807) is 11.8 Å². The summed E-state index contributed by atoms with van der Waals surface area (Å²) in [4.78, 5) is 0. The van der Waals surface area contributed by atoms with Crippen molar-refractivity contribution in [2.75, 3.05) is 11.5 Å². The number of aliphatic hydroxyl groups is 1. The van der Waals surface area contributed by atoms with E-state index < -0.39 is 48.9 Å². The quantitative estimate of drug-likeness (QED) is 0.0820. The van der Waals surface area contributed by atoms with Gasteiger partial charge in [0.25, 0.3) is 0 Å². The number of ether oxygens (including phenoxy) is 9. The fourth-order valence-electron chi connectivity index (χ4n) is 7.94. The number of thioether (sulfide) groups is 1. The normalized spacial score (nSPS) is 27.4. The van der Waals surface area contributed by atoms with E-state index in [1.165, 1.54) is 0 Å². The molecule has 61 heavy (non-hydrogen) atoms. The summed E-state index contributed by atoms with van der Waals surface area (Å²) in [5.41, 5.74) is 5.01. The Morgan fingerprint density at radius 1 is 0.508 bits per heavy atom. The molecule has 1 N–H and O–H groups in total. The van der Waals surface area contributed by atoms with Crippen molar-refractivity contribution in [3.05, 3.63) is 179 Å². The van der Waals surface area contributed by atoms with E-state index in [9.17, 15) is 5.11 Å². The predicted molar refractivity (Wildman–Crippen MR) is 232 cm³/mol. The van der Waals surface area contributed by atoms with Crippen molar-refractivity contribution in [3.8, 4) is 0 Å². The highest BCUT2D eigenvalue weighted by Gasteiger charge is 2.56. The van der Waals surface area contributed by atoms with Crippen molar-refractivity contribution in [2.24, 2.45) is 0 Å². The van der Waals surface area contributed by atoms with E-state index >= 15 is 0 Å². The number of benzene rings is 5. The van der Waals surface area contributed by atoms with E-state index in [1.807, 2.05) is 166 Å². The van der Waals surface area contributed by atoms with Crippen molar-refractivity contribution < 1.29 is 47.7 Å². The van der Waals surface area contributed by atoms with Gasteiger partial charge < -0.3 is 47.7 Å².